The number of rotatable bonds is 13. The third-order valence-corrected chi connectivity index (χ3v) is 10.1. The van der Waals surface area contributed by atoms with Crippen LogP contribution >= 0.6 is 10.0 Å². The zero-order valence-electron chi connectivity index (χ0n) is 26.0. The number of carbonyl (C=O) groups excluding carboxylic acids is 1. The molecule has 2 aliphatic carbocycles. The number of H-pyrrole nitrogens is 1. The summed E-state index contributed by atoms with van der Waals surface area (Å²) in [4.78, 5) is 18.8. The molecule has 2 N–H and O–H groups in total. The number of amides is 1. The Hall–Kier alpha value is -3.43. The summed E-state index contributed by atoms with van der Waals surface area (Å²) in [6.45, 7) is 5.32. The summed E-state index contributed by atoms with van der Waals surface area (Å²) in [5.74, 6) is 3.47. The highest BCUT2D eigenvalue weighted by atomic mass is 32.3. The zero-order chi connectivity index (χ0) is 30.1. The number of nitrogens with zero attached hydrogens (tertiary/aromatic N) is 4. The van der Waals surface area contributed by atoms with Gasteiger partial charge in [0.2, 0.25) is 5.91 Å². The first-order valence-electron chi connectivity index (χ1n) is 15.3. The Labute approximate surface area is 256 Å². The molecule has 2 aliphatic rings. The molecule has 2 fully saturated rings. The highest BCUT2D eigenvalue weighted by Crippen LogP contribution is 2.54. The van der Waals surface area contributed by atoms with Crippen LogP contribution in [0.1, 0.15) is 48.8 Å². The molecule has 43 heavy (non-hydrogen) atoms. The van der Waals surface area contributed by atoms with Gasteiger partial charge in [-0.15, -0.1) is 0 Å². The van der Waals surface area contributed by atoms with Gasteiger partial charge in [-0.25, -0.2) is 19.7 Å². The van der Waals surface area contributed by atoms with Crippen LogP contribution in [0.2, 0.25) is 0 Å². The first-order valence-corrected chi connectivity index (χ1v) is 18.4. The number of anilines is 1. The summed E-state index contributed by atoms with van der Waals surface area (Å²) in [7, 11) is -0.580. The third-order valence-electron chi connectivity index (χ3n) is 8.71. The Balaban J connectivity index is 1.18. The zero-order valence-corrected chi connectivity index (χ0v) is 26.8. The second kappa shape index (κ2) is 12.3. The van der Waals surface area contributed by atoms with Crippen molar-refractivity contribution >= 4 is 21.6 Å². The summed E-state index contributed by atoms with van der Waals surface area (Å²) in [5.41, 5.74) is 5.96. The van der Waals surface area contributed by atoms with Crippen molar-refractivity contribution in [3.8, 4) is 22.5 Å². The predicted octanol–water partition coefficient (Wildman–Crippen LogP) is 6.78. The molecule has 1 amide bonds. The average molecular weight is 601 g/mol. The molecule has 0 aliphatic heterocycles. The number of aryl methyl sites for hydroxylation is 1. The Morgan fingerprint density at radius 2 is 1.67 bits per heavy atom. The molecular formula is C34H44N6O2S. The van der Waals surface area contributed by atoms with E-state index in [2.05, 4.69) is 53.3 Å². The average Bonchev–Trinajstić information content (AvgIpc) is 3.92. The second-order valence-corrected chi connectivity index (χ2v) is 17.7. The van der Waals surface area contributed by atoms with Crippen molar-refractivity contribution < 1.29 is 9.53 Å². The fourth-order valence-electron chi connectivity index (χ4n) is 6.14. The molecule has 2 aromatic carbocycles. The lowest BCUT2D eigenvalue weighted by Gasteiger charge is -2.25. The van der Waals surface area contributed by atoms with E-state index in [4.69, 9.17) is 14.8 Å². The summed E-state index contributed by atoms with van der Waals surface area (Å²) in [6, 6.07) is 18.0. The van der Waals surface area contributed by atoms with Gasteiger partial charge >= 0.3 is 0 Å². The molecule has 2 aromatic heterocycles. The van der Waals surface area contributed by atoms with E-state index in [1.807, 2.05) is 54.1 Å². The molecule has 1 unspecified atom stereocenters. The molecule has 0 saturated heterocycles. The van der Waals surface area contributed by atoms with E-state index in [1.165, 1.54) is 25.7 Å². The van der Waals surface area contributed by atoms with E-state index < -0.39 is 10.0 Å². The second-order valence-electron chi connectivity index (χ2n) is 13.1. The van der Waals surface area contributed by atoms with E-state index in [-0.39, 0.29) is 11.8 Å². The molecule has 2 saturated carbocycles. The van der Waals surface area contributed by atoms with Crippen molar-refractivity contribution in [2.75, 3.05) is 36.4 Å². The van der Waals surface area contributed by atoms with Gasteiger partial charge in [-0.1, -0.05) is 42.5 Å². The van der Waals surface area contributed by atoms with Crippen LogP contribution in [0.5, 0.6) is 0 Å². The van der Waals surface area contributed by atoms with Crippen molar-refractivity contribution in [2.45, 2.75) is 52.2 Å². The highest BCUT2D eigenvalue weighted by molar-refractivity contribution is 8.32. The van der Waals surface area contributed by atoms with Crippen molar-refractivity contribution in [3.05, 3.63) is 71.8 Å². The molecule has 1 atom stereocenters. The van der Waals surface area contributed by atoms with Crippen LogP contribution in [0.3, 0.4) is 0 Å². The number of ether oxygens (including phenoxy) is 1. The predicted molar refractivity (Wildman–Crippen MR) is 175 cm³/mol. The van der Waals surface area contributed by atoms with Crippen LogP contribution in [0.15, 0.2) is 54.6 Å². The minimum Gasteiger partial charge on any atom is -0.358 e. The standard InChI is InChI=1S/C34H44N6O2S/c1-22-29(23(2)40(39-22)21-42-19-20-43(3,4)5)24-15-17-28(18-16-24)35-34(41)31(30(25-11-12-25)26-13-14-26)33-36-32(37-38-33)27-9-7-6-8-10-27/h6-10,15-18,25-26,30-31H,11-14,19-21H2,1-5H3,(H,35,41)(H,36,37,38). The number of benzene rings is 2. The number of nitrogens with one attached hydrogen (secondary N) is 2. The number of aromatic amines is 1. The molecule has 228 valence electrons. The minimum atomic E-state index is -0.580. The smallest absolute Gasteiger partial charge is 0.235 e. The summed E-state index contributed by atoms with van der Waals surface area (Å²) in [5, 5.41) is 15.6. The number of hydrogen-bond donors (Lipinski definition) is 2. The molecule has 9 heteroatoms. The van der Waals surface area contributed by atoms with E-state index in [1.54, 1.807) is 0 Å². The summed E-state index contributed by atoms with van der Waals surface area (Å²) in [6.07, 6.45) is 11.7. The fraction of sp³-hybridized carbons (Fsp3) is 0.471. The number of hydrogen-bond acceptors (Lipinski definition) is 5. The third kappa shape index (κ3) is 7.04. The normalized spacial score (nSPS) is 16.4. The van der Waals surface area contributed by atoms with Crippen molar-refractivity contribution in [1.82, 2.24) is 25.0 Å². The van der Waals surface area contributed by atoms with Gasteiger partial charge in [0, 0.05) is 28.3 Å². The number of aromatic nitrogens is 5. The van der Waals surface area contributed by atoms with Crippen molar-refractivity contribution in [2.24, 2.45) is 17.8 Å². The van der Waals surface area contributed by atoms with Gasteiger partial charge in [-0.05, 0) is 93.7 Å². The Morgan fingerprint density at radius 3 is 2.30 bits per heavy atom. The lowest BCUT2D eigenvalue weighted by atomic mass is 9.82. The minimum absolute atomic E-state index is 0.0123. The van der Waals surface area contributed by atoms with Gasteiger partial charge in [0.05, 0.1) is 12.3 Å². The van der Waals surface area contributed by atoms with E-state index in [0.717, 1.165) is 46.1 Å². The molecule has 0 radical (unpaired) electrons. The van der Waals surface area contributed by atoms with Crippen molar-refractivity contribution in [1.29, 1.82) is 0 Å². The van der Waals surface area contributed by atoms with Gasteiger partial charge in [-0.3, -0.25) is 9.89 Å². The highest BCUT2D eigenvalue weighted by Gasteiger charge is 2.49. The maximum Gasteiger partial charge on any atom is 0.235 e. The van der Waals surface area contributed by atoms with E-state index >= 15 is 0 Å². The van der Waals surface area contributed by atoms with Gasteiger partial charge in [0.15, 0.2) is 5.82 Å². The topological polar surface area (TPSA) is 97.7 Å². The van der Waals surface area contributed by atoms with Gasteiger partial charge in [-0.2, -0.15) is 10.2 Å². The van der Waals surface area contributed by atoms with Gasteiger partial charge in [0.1, 0.15) is 18.5 Å². The monoisotopic (exact) mass is 600 g/mol. The summed E-state index contributed by atoms with van der Waals surface area (Å²) >= 11 is 0. The van der Waals surface area contributed by atoms with Crippen LogP contribution in [-0.2, 0) is 16.3 Å². The first-order chi connectivity index (χ1) is 20.7. The van der Waals surface area contributed by atoms with Crippen LogP contribution in [0, 0.1) is 31.6 Å². The molecule has 8 nitrogen and oxygen atoms in total. The number of carbonyl (C=O) groups is 1. The SMILES string of the molecule is Cc1nn(COCCS(C)(C)C)c(C)c1-c1ccc(NC(=O)C(c2nc(-c3ccccc3)n[nH]2)C(C2CC2)C2CC2)cc1. The van der Waals surface area contributed by atoms with E-state index in [9.17, 15) is 4.79 Å². The maximum atomic E-state index is 14.0. The molecule has 2 heterocycles. The van der Waals surface area contributed by atoms with Gasteiger partial charge < -0.3 is 10.1 Å². The van der Waals surface area contributed by atoms with Crippen molar-refractivity contribution in [3.63, 3.8) is 0 Å². The molecule has 0 bridgehead atoms. The Kier molecular flexibility index (Phi) is 8.47. The first kappa shape index (κ1) is 29.6. The fourth-order valence-corrected chi connectivity index (χ4v) is 6.76. The Morgan fingerprint density at radius 1 is 1.00 bits per heavy atom. The molecule has 4 aromatic rings. The van der Waals surface area contributed by atoms with Crippen LogP contribution in [0.4, 0.5) is 5.69 Å². The van der Waals surface area contributed by atoms with Crippen LogP contribution < -0.4 is 5.32 Å². The quantitative estimate of drug-likeness (QED) is 0.165. The lowest BCUT2D eigenvalue weighted by molar-refractivity contribution is -0.119. The Bertz CT molecular complexity index is 1540. The van der Waals surface area contributed by atoms with E-state index in [0.29, 0.717) is 36.1 Å². The molecule has 0 spiro atoms. The molecular weight excluding hydrogens is 556 g/mol. The van der Waals surface area contributed by atoms with Gasteiger partial charge in [0.25, 0.3) is 0 Å². The largest absolute Gasteiger partial charge is 0.358 e. The van der Waals surface area contributed by atoms with Crippen LogP contribution in [0.25, 0.3) is 22.5 Å². The van der Waals surface area contributed by atoms with Crippen LogP contribution in [-0.4, -0.2) is 62.0 Å². The maximum absolute atomic E-state index is 14.0. The summed E-state index contributed by atoms with van der Waals surface area (Å²) < 4.78 is 7.90. The lowest BCUT2D eigenvalue weighted by Crippen LogP contribution is -2.31. The molecule has 6 rings (SSSR count).